The van der Waals surface area contributed by atoms with Crippen LogP contribution in [-0.4, -0.2) is 9.97 Å². The maximum Gasteiger partial charge on any atom is 0.160 e. The molecule has 0 saturated heterocycles. The summed E-state index contributed by atoms with van der Waals surface area (Å²) in [5, 5.41) is 2.82. The number of hydrogen-bond donors (Lipinski definition) is 0. The van der Waals surface area contributed by atoms with Gasteiger partial charge in [0.25, 0.3) is 0 Å². The molecule has 3 nitrogen and oxygen atoms in total. The molecule has 4 heteroatoms. The van der Waals surface area contributed by atoms with Crippen LogP contribution in [0, 0.1) is 0 Å². The third kappa shape index (κ3) is 3.24. The third-order valence-electron chi connectivity index (χ3n) is 5.58. The van der Waals surface area contributed by atoms with Crippen LogP contribution in [0.3, 0.4) is 0 Å². The van der Waals surface area contributed by atoms with E-state index in [1.807, 2.05) is 78.9 Å². The highest BCUT2D eigenvalue weighted by molar-refractivity contribution is 6.30. The van der Waals surface area contributed by atoms with Gasteiger partial charge in [-0.3, -0.25) is 0 Å². The van der Waals surface area contributed by atoms with E-state index in [0.29, 0.717) is 10.8 Å². The summed E-state index contributed by atoms with van der Waals surface area (Å²) in [5.74, 6) is 0.655. The Hall–Kier alpha value is -3.95. The highest BCUT2D eigenvalue weighted by Gasteiger charge is 2.16. The van der Waals surface area contributed by atoms with Gasteiger partial charge in [-0.15, -0.1) is 0 Å². The van der Waals surface area contributed by atoms with Crippen molar-refractivity contribution in [2.45, 2.75) is 0 Å². The number of fused-ring (bicyclic) bond motifs is 3. The molecule has 6 rings (SSSR count). The van der Waals surface area contributed by atoms with Crippen molar-refractivity contribution in [1.29, 1.82) is 0 Å². The highest BCUT2D eigenvalue weighted by atomic mass is 35.5. The molecule has 0 unspecified atom stereocenters. The summed E-state index contributed by atoms with van der Waals surface area (Å²) in [5.41, 5.74) is 6.39. The van der Waals surface area contributed by atoms with Crippen molar-refractivity contribution < 1.29 is 4.42 Å². The first-order valence-corrected chi connectivity index (χ1v) is 10.8. The number of halogens is 1. The number of nitrogens with zero attached hydrogens (tertiary/aromatic N) is 2. The van der Waals surface area contributed by atoms with Gasteiger partial charge in [-0.05, 0) is 42.5 Å². The van der Waals surface area contributed by atoms with E-state index in [2.05, 4.69) is 24.3 Å². The van der Waals surface area contributed by atoms with Crippen LogP contribution < -0.4 is 0 Å². The fourth-order valence-corrected chi connectivity index (χ4v) is 4.18. The minimum atomic E-state index is 0.655. The molecule has 6 aromatic rings. The quantitative estimate of drug-likeness (QED) is 0.284. The summed E-state index contributed by atoms with van der Waals surface area (Å²) in [7, 11) is 0. The molecule has 0 fully saturated rings. The van der Waals surface area contributed by atoms with Crippen LogP contribution in [0.25, 0.3) is 55.8 Å². The molecule has 2 aromatic heterocycles. The lowest BCUT2D eigenvalue weighted by atomic mass is 10.0. The van der Waals surface area contributed by atoms with E-state index in [0.717, 1.165) is 50.0 Å². The lowest BCUT2D eigenvalue weighted by Gasteiger charge is -2.10. The molecule has 0 aliphatic rings. The van der Waals surface area contributed by atoms with Crippen molar-refractivity contribution in [2.75, 3.05) is 0 Å². The zero-order valence-corrected chi connectivity index (χ0v) is 17.8. The van der Waals surface area contributed by atoms with Crippen molar-refractivity contribution >= 4 is 33.5 Å². The molecule has 32 heavy (non-hydrogen) atoms. The van der Waals surface area contributed by atoms with E-state index in [1.165, 1.54) is 0 Å². The van der Waals surface area contributed by atoms with E-state index in [1.54, 1.807) is 0 Å². The standard InChI is InChI=1S/C28H17ClN2O/c29-20-15-13-19(14-16-20)28-30-23(18-7-2-1-3-8-18)17-24(31-28)21-10-6-12-26-27(21)22-9-4-5-11-25(22)32-26/h1-17H. The molecule has 2 heterocycles. The lowest BCUT2D eigenvalue weighted by molar-refractivity contribution is 0.669. The highest BCUT2D eigenvalue weighted by Crippen LogP contribution is 2.37. The van der Waals surface area contributed by atoms with Gasteiger partial charge >= 0.3 is 0 Å². The lowest BCUT2D eigenvalue weighted by Crippen LogP contribution is -1.96. The van der Waals surface area contributed by atoms with E-state index < -0.39 is 0 Å². The maximum atomic E-state index is 6.11. The average Bonchev–Trinajstić information content (AvgIpc) is 3.24. The van der Waals surface area contributed by atoms with Gasteiger partial charge < -0.3 is 4.42 Å². The zero-order valence-electron chi connectivity index (χ0n) is 17.0. The topological polar surface area (TPSA) is 38.9 Å². The van der Waals surface area contributed by atoms with Gasteiger partial charge in [0.2, 0.25) is 0 Å². The molecule has 0 radical (unpaired) electrons. The van der Waals surface area contributed by atoms with Crippen molar-refractivity contribution in [3.63, 3.8) is 0 Å². The van der Waals surface area contributed by atoms with E-state index in [-0.39, 0.29) is 0 Å². The monoisotopic (exact) mass is 432 g/mol. The molecule has 0 bridgehead atoms. The second kappa shape index (κ2) is 7.63. The Morgan fingerprint density at radius 2 is 1.31 bits per heavy atom. The first kappa shape index (κ1) is 18.8. The molecular formula is C28H17ClN2O. The maximum absolute atomic E-state index is 6.11. The fourth-order valence-electron chi connectivity index (χ4n) is 4.06. The molecule has 0 atom stereocenters. The molecule has 0 N–H and O–H groups in total. The summed E-state index contributed by atoms with van der Waals surface area (Å²) in [6.45, 7) is 0. The number of para-hydroxylation sites is 1. The van der Waals surface area contributed by atoms with Crippen LogP contribution in [0.5, 0.6) is 0 Å². The second-order valence-corrected chi connectivity index (χ2v) is 8.05. The summed E-state index contributed by atoms with van der Waals surface area (Å²) in [4.78, 5) is 9.85. The summed E-state index contributed by atoms with van der Waals surface area (Å²) in [6.07, 6.45) is 0. The van der Waals surface area contributed by atoms with Gasteiger partial charge in [-0.1, -0.05) is 72.3 Å². The van der Waals surface area contributed by atoms with Crippen LogP contribution >= 0.6 is 11.6 Å². The molecule has 152 valence electrons. The minimum absolute atomic E-state index is 0.655. The van der Waals surface area contributed by atoms with Gasteiger partial charge in [0.1, 0.15) is 11.2 Å². The Morgan fingerprint density at radius 3 is 2.16 bits per heavy atom. The molecule has 0 spiro atoms. The first-order chi connectivity index (χ1) is 15.8. The molecule has 4 aromatic carbocycles. The Bertz CT molecular complexity index is 1570. The molecule has 0 saturated carbocycles. The van der Waals surface area contributed by atoms with Gasteiger partial charge in [0, 0.05) is 32.5 Å². The van der Waals surface area contributed by atoms with Crippen LogP contribution in [0.1, 0.15) is 0 Å². The average molecular weight is 433 g/mol. The van der Waals surface area contributed by atoms with E-state index in [9.17, 15) is 0 Å². The smallest absolute Gasteiger partial charge is 0.160 e. The molecule has 0 aliphatic heterocycles. The van der Waals surface area contributed by atoms with E-state index in [4.69, 9.17) is 26.0 Å². The van der Waals surface area contributed by atoms with Crippen LogP contribution in [0.15, 0.2) is 108 Å². The SMILES string of the molecule is Clc1ccc(-c2nc(-c3ccccc3)cc(-c3cccc4oc5ccccc5c34)n2)cc1. The predicted octanol–water partition coefficient (Wildman–Crippen LogP) is 8.03. The van der Waals surface area contributed by atoms with Crippen LogP contribution in [0.2, 0.25) is 5.02 Å². The van der Waals surface area contributed by atoms with Gasteiger partial charge in [0.05, 0.1) is 11.4 Å². The van der Waals surface area contributed by atoms with Gasteiger partial charge in [-0.25, -0.2) is 9.97 Å². The minimum Gasteiger partial charge on any atom is -0.456 e. The summed E-state index contributed by atoms with van der Waals surface area (Å²) >= 11 is 6.11. The molecule has 0 amide bonds. The number of hydrogen-bond acceptors (Lipinski definition) is 3. The normalized spacial score (nSPS) is 11.3. The van der Waals surface area contributed by atoms with Gasteiger partial charge in [0.15, 0.2) is 5.82 Å². The molecular weight excluding hydrogens is 416 g/mol. The van der Waals surface area contributed by atoms with Crippen molar-refractivity contribution in [3.8, 4) is 33.9 Å². The van der Waals surface area contributed by atoms with Crippen molar-refractivity contribution in [3.05, 3.63) is 108 Å². The van der Waals surface area contributed by atoms with Crippen molar-refractivity contribution in [2.24, 2.45) is 0 Å². The Labute approximate surface area is 190 Å². The number of benzene rings is 4. The van der Waals surface area contributed by atoms with E-state index >= 15 is 0 Å². The van der Waals surface area contributed by atoms with Crippen LogP contribution in [0.4, 0.5) is 0 Å². The number of rotatable bonds is 3. The van der Waals surface area contributed by atoms with Gasteiger partial charge in [-0.2, -0.15) is 0 Å². The fraction of sp³-hybridized carbons (Fsp3) is 0. The van der Waals surface area contributed by atoms with Crippen LogP contribution in [-0.2, 0) is 0 Å². The Kier molecular flexibility index (Phi) is 4.48. The number of aromatic nitrogens is 2. The van der Waals surface area contributed by atoms with Crippen molar-refractivity contribution in [1.82, 2.24) is 9.97 Å². The predicted molar refractivity (Wildman–Crippen MR) is 131 cm³/mol. The Balaban J connectivity index is 1.64. The molecule has 0 aliphatic carbocycles. The largest absolute Gasteiger partial charge is 0.456 e. The number of furan rings is 1. The first-order valence-electron chi connectivity index (χ1n) is 10.4. The summed E-state index contributed by atoms with van der Waals surface area (Å²) in [6, 6.07) is 34.0. The Morgan fingerprint density at radius 1 is 0.594 bits per heavy atom. The third-order valence-corrected chi connectivity index (χ3v) is 5.83. The zero-order chi connectivity index (χ0) is 21.5. The summed E-state index contributed by atoms with van der Waals surface area (Å²) < 4.78 is 6.10. The second-order valence-electron chi connectivity index (χ2n) is 7.61.